The van der Waals surface area contributed by atoms with Crippen molar-refractivity contribution in [3.63, 3.8) is 0 Å². The molecule has 1 aromatic carbocycles. The topological polar surface area (TPSA) is 26.3 Å². The first-order valence-corrected chi connectivity index (χ1v) is 6.69. The van der Waals surface area contributed by atoms with E-state index in [0.717, 1.165) is 16.2 Å². The summed E-state index contributed by atoms with van der Waals surface area (Å²) in [6, 6.07) is 11.8. The van der Waals surface area contributed by atoms with Crippen LogP contribution < -0.4 is 4.74 Å². The number of carbonyl (C=O) groups excluding carboxylic acids is 1. The second-order valence-corrected chi connectivity index (χ2v) is 5.59. The van der Waals surface area contributed by atoms with Crippen molar-refractivity contribution >= 4 is 17.1 Å². The smallest absolute Gasteiger partial charge is 0.142 e. The van der Waals surface area contributed by atoms with E-state index in [1.54, 1.807) is 18.4 Å². The Bertz CT molecular complexity index is 543. The van der Waals surface area contributed by atoms with E-state index < -0.39 is 0 Å². The van der Waals surface area contributed by atoms with Crippen molar-refractivity contribution in [2.45, 2.75) is 19.8 Å². The minimum atomic E-state index is 0.223. The van der Waals surface area contributed by atoms with Crippen LogP contribution in [0.1, 0.15) is 15.3 Å². The Morgan fingerprint density at radius 1 is 1.17 bits per heavy atom. The normalized spacial score (nSPS) is 10.3. The Kier molecular flexibility index (Phi) is 4.15. The molecule has 0 radical (unpaired) electrons. The molecule has 0 fully saturated rings. The fourth-order valence-electron chi connectivity index (χ4n) is 1.90. The molecule has 2 rings (SSSR count). The lowest BCUT2D eigenvalue weighted by Gasteiger charge is -2.06. The molecule has 0 saturated heterocycles. The number of carbonyl (C=O) groups is 1. The molecule has 0 N–H and O–H groups in total. The number of hydrogen-bond donors (Lipinski definition) is 0. The maximum atomic E-state index is 12.0. The second-order valence-electron chi connectivity index (χ2n) is 4.22. The number of thiophene rings is 1. The molecule has 1 heterocycles. The minimum Gasteiger partial charge on any atom is -0.496 e. The van der Waals surface area contributed by atoms with Crippen LogP contribution in [0.3, 0.4) is 0 Å². The lowest BCUT2D eigenvalue weighted by Crippen LogP contribution is -2.06. The van der Waals surface area contributed by atoms with Gasteiger partial charge in [-0.25, -0.2) is 0 Å². The molecule has 2 nitrogen and oxygen atoms in total. The minimum absolute atomic E-state index is 0.223. The van der Waals surface area contributed by atoms with Gasteiger partial charge in [-0.2, -0.15) is 0 Å². The van der Waals surface area contributed by atoms with E-state index >= 15 is 0 Å². The predicted molar refractivity (Wildman–Crippen MR) is 74.5 cm³/mol. The summed E-state index contributed by atoms with van der Waals surface area (Å²) < 4.78 is 5.25. The highest BCUT2D eigenvalue weighted by atomic mass is 32.1. The summed E-state index contributed by atoms with van der Waals surface area (Å²) in [4.78, 5) is 14.4. The molecule has 0 bridgehead atoms. The largest absolute Gasteiger partial charge is 0.496 e. The zero-order chi connectivity index (χ0) is 13.0. The van der Waals surface area contributed by atoms with Gasteiger partial charge in [-0.3, -0.25) is 4.79 Å². The van der Waals surface area contributed by atoms with Crippen LogP contribution in [0, 0.1) is 6.92 Å². The van der Waals surface area contributed by atoms with Crippen molar-refractivity contribution in [1.82, 2.24) is 0 Å². The molecule has 3 heteroatoms. The van der Waals surface area contributed by atoms with Crippen LogP contribution in [0.15, 0.2) is 36.4 Å². The van der Waals surface area contributed by atoms with E-state index in [1.165, 1.54) is 4.88 Å². The zero-order valence-corrected chi connectivity index (χ0v) is 11.4. The van der Waals surface area contributed by atoms with Crippen LogP contribution in [-0.4, -0.2) is 12.9 Å². The quantitative estimate of drug-likeness (QED) is 0.823. The maximum Gasteiger partial charge on any atom is 0.142 e. The van der Waals surface area contributed by atoms with Crippen LogP contribution in [-0.2, 0) is 17.6 Å². The van der Waals surface area contributed by atoms with Crippen LogP contribution in [0.2, 0.25) is 0 Å². The van der Waals surface area contributed by atoms with Crippen molar-refractivity contribution in [3.8, 4) is 5.75 Å². The van der Waals surface area contributed by atoms with E-state index in [2.05, 4.69) is 13.0 Å². The summed E-state index contributed by atoms with van der Waals surface area (Å²) in [6.45, 7) is 2.05. The predicted octanol–water partition coefficient (Wildman–Crippen LogP) is 3.42. The number of para-hydroxylation sites is 1. The summed E-state index contributed by atoms with van der Waals surface area (Å²) in [5, 5.41) is 0. The summed E-state index contributed by atoms with van der Waals surface area (Å²) in [7, 11) is 1.63. The third-order valence-electron chi connectivity index (χ3n) is 2.75. The molecule has 0 aliphatic carbocycles. The Labute approximate surface area is 111 Å². The molecule has 0 unspecified atom stereocenters. The Hall–Kier alpha value is -1.61. The highest BCUT2D eigenvalue weighted by Crippen LogP contribution is 2.20. The van der Waals surface area contributed by atoms with Crippen molar-refractivity contribution in [2.24, 2.45) is 0 Å². The van der Waals surface area contributed by atoms with Crippen LogP contribution in [0.5, 0.6) is 5.75 Å². The van der Waals surface area contributed by atoms with Gasteiger partial charge in [0.25, 0.3) is 0 Å². The fourth-order valence-corrected chi connectivity index (χ4v) is 2.82. The molecule has 0 atom stereocenters. The number of methoxy groups -OCH3 is 1. The van der Waals surface area contributed by atoms with Crippen LogP contribution >= 0.6 is 11.3 Å². The molecular formula is C15H16O2S. The van der Waals surface area contributed by atoms with Gasteiger partial charge in [-0.1, -0.05) is 18.2 Å². The molecule has 1 aromatic heterocycles. The molecule has 0 amide bonds. The maximum absolute atomic E-state index is 12.0. The van der Waals surface area contributed by atoms with E-state index in [-0.39, 0.29) is 5.78 Å². The van der Waals surface area contributed by atoms with Crippen molar-refractivity contribution in [2.75, 3.05) is 7.11 Å². The lowest BCUT2D eigenvalue weighted by atomic mass is 10.1. The van der Waals surface area contributed by atoms with E-state index in [0.29, 0.717) is 12.8 Å². The van der Waals surface area contributed by atoms with Gasteiger partial charge in [0.15, 0.2) is 0 Å². The summed E-state index contributed by atoms with van der Waals surface area (Å²) >= 11 is 1.68. The first-order chi connectivity index (χ1) is 8.69. The van der Waals surface area contributed by atoms with Gasteiger partial charge >= 0.3 is 0 Å². The number of benzene rings is 1. The van der Waals surface area contributed by atoms with Crippen LogP contribution in [0.4, 0.5) is 0 Å². The van der Waals surface area contributed by atoms with Gasteiger partial charge in [-0.05, 0) is 25.1 Å². The molecular weight excluding hydrogens is 244 g/mol. The number of ketones is 1. The number of ether oxygens (including phenoxy) is 1. The highest BCUT2D eigenvalue weighted by Gasteiger charge is 2.10. The number of Topliss-reactive ketones (excluding diaryl/α,β-unsaturated/α-hetero) is 1. The molecule has 0 aliphatic heterocycles. The molecule has 18 heavy (non-hydrogen) atoms. The molecule has 0 saturated carbocycles. The first-order valence-electron chi connectivity index (χ1n) is 5.88. The van der Waals surface area contributed by atoms with Crippen LogP contribution in [0.25, 0.3) is 0 Å². The van der Waals surface area contributed by atoms with E-state index in [4.69, 9.17) is 4.74 Å². The lowest BCUT2D eigenvalue weighted by molar-refractivity contribution is -0.117. The molecule has 2 aromatic rings. The summed E-state index contributed by atoms with van der Waals surface area (Å²) in [6.07, 6.45) is 0.942. The third-order valence-corrected chi connectivity index (χ3v) is 3.75. The summed E-state index contributed by atoms with van der Waals surface area (Å²) in [5.74, 6) is 1.01. The van der Waals surface area contributed by atoms with Crippen molar-refractivity contribution < 1.29 is 9.53 Å². The number of hydrogen-bond acceptors (Lipinski definition) is 3. The van der Waals surface area contributed by atoms with Gasteiger partial charge in [0, 0.05) is 28.2 Å². The van der Waals surface area contributed by atoms with Gasteiger partial charge in [0.1, 0.15) is 11.5 Å². The van der Waals surface area contributed by atoms with Gasteiger partial charge in [0.05, 0.1) is 7.11 Å². The molecule has 94 valence electrons. The summed E-state index contributed by atoms with van der Waals surface area (Å²) in [5.41, 5.74) is 0.957. The average Bonchev–Trinajstić information content (AvgIpc) is 2.75. The fraction of sp³-hybridized carbons (Fsp3) is 0.267. The second kappa shape index (κ2) is 5.83. The van der Waals surface area contributed by atoms with E-state index in [9.17, 15) is 4.79 Å². The first kappa shape index (κ1) is 12.8. The van der Waals surface area contributed by atoms with Gasteiger partial charge in [0.2, 0.25) is 0 Å². The van der Waals surface area contributed by atoms with Crippen molar-refractivity contribution in [3.05, 3.63) is 51.7 Å². The number of rotatable bonds is 5. The molecule has 0 aliphatic rings. The molecule has 0 spiro atoms. The standard InChI is InChI=1S/C15H16O2S/c1-11-7-8-14(18-11)10-13(16)9-12-5-3-4-6-15(12)17-2/h3-8H,9-10H2,1-2H3. The average molecular weight is 260 g/mol. The number of aryl methyl sites for hydroxylation is 1. The highest BCUT2D eigenvalue weighted by molar-refractivity contribution is 7.12. The third kappa shape index (κ3) is 3.20. The Balaban J connectivity index is 2.03. The Morgan fingerprint density at radius 3 is 2.61 bits per heavy atom. The zero-order valence-electron chi connectivity index (χ0n) is 10.6. The monoisotopic (exact) mass is 260 g/mol. The SMILES string of the molecule is COc1ccccc1CC(=O)Cc1ccc(C)s1. The van der Waals surface area contributed by atoms with Gasteiger partial charge in [-0.15, -0.1) is 11.3 Å². The Morgan fingerprint density at radius 2 is 1.94 bits per heavy atom. The van der Waals surface area contributed by atoms with E-state index in [1.807, 2.05) is 30.3 Å². The van der Waals surface area contributed by atoms with Gasteiger partial charge < -0.3 is 4.74 Å². The van der Waals surface area contributed by atoms with Crippen molar-refractivity contribution in [1.29, 1.82) is 0 Å².